The maximum Gasteiger partial charge on any atom is 0.223 e. The number of aromatic nitrogens is 1. The van der Waals surface area contributed by atoms with E-state index in [2.05, 4.69) is 37.9 Å². The summed E-state index contributed by atoms with van der Waals surface area (Å²) < 4.78 is 0. The average molecular weight is 339 g/mol. The van der Waals surface area contributed by atoms with E-state index in [1.54, 1.807) is 17.3 Å². The lowest BCUT2D eigenvalue weighted by molar-refractivity contribution is -0.131. The molecule has 4 nitrogen and oxygen atoms in total. The van der Waals surface area contributed by atoms with Crippen LogP contribution in [0.25, 0.3) is 0 Å². The molecule has 1 amide bonds. The Morgan fingerprint density at radius 2 is 2.24 bits per heavy atom. The van der Waals surface area contributed by atoms with E-state index in [1.807, 2.05) is 19.2 Å². The molecule has 0 saturated carbocycles. The topological polar surface area (TPSA) is 57.0 Å². The van der Waals surface area contributed by atoms with Crippen molar-refractivity contribution < 1.29 is 4.79 Å². The number of nitriles is 1. The minimum absolute atomic E-state index is 0.169. The summed E-state index contributed by atoms with van der Waals surface area (Å²) in [6.45, 7) is 7.14. The van der Waals surface area contributed by atoms with Crippen LogP contribution in [-0.4, -0.2) is 22.8 Å². The molecule has 0 spiro atoms. The number of hydrogen-bond donors (Lipinski definition) is 0. The number of carbonyl (C=O) groups excluding carboxylic acids is 1. The van der Waals surface area contributed by atoms with Crippen LogP contribution in [0.5, 0.6) is 0 Å². The van der Waals surface area contributed by atoms with E-state index in [9.17, 15) is 4.79 Å². The zero-order valence-corrected chi connectivity index (χ0v) is 15.8. The van der Waals surface area contributed by atoms with Crippen molar-refractivity contribution in [2.45, 2.75) is 46.6 Å². The van der Waals surface area contributed by atoms with E-state index in [-0.39, 0.29) is 11.8 Å². The molecule has 0 bridgehead atoms. The van der Waals surface area contributed by atoms with Gasteiger partial charge in [-0.05, 0) is 48.6 Å². The Morgan fingerprint density at radius 3 is 2.84 bits per heavy atom. The highest BCUT2D eigenvalue weighted by atomic mass is 16.2. The second kappa shape index (κ2) is 8.80. The molecule has 0 fully saturated rings. The molecule has 0 aromatic carbocycles. The maximum atomic E-state index is 12.7. The lowest BCUT2D eigenvalue weighted by Crippen LogP contribution is -2.32. The number of amides is 1. The number of hydrogen-bond acceptors (Lipinski definition) is 3. The third-order valence-corrected chi connectivity index (χ3v) is 5.40. The average Bonchev–Trinajstić information content (AvgIpc) is 2.58. The van der Waals surface area contributed by atoms with Crippen LogP contribution < -0.4 is 0 Å². The van der Waals surface area contributed by atoms with Gasteiger partial charge >= 0.3 is 0 Å². The van der Waals surface area contributed by atoms with Crippen LogP contribution in [0.2, 0.25) is 0 Å². The fraction of sp³-hybridized carbons (Fsp3) is 0.571. The number of carbonyl (C=O) groups is 1. The van der Waals surface area contributed by atoms with Crippen molar-refractivity contribution in [2.75, 3.05) is 7.05 Å². The van der Waals surface area contributed by atoms with Crippen molar-refractivity contribution >= 4 is 5.91 Å². The van der Waals surface area contributed by atoms with Gasteiger partial charge in [0.25, 0.3) is 0 Å². The van der Waals surface area contributed by atoms with Crippen molar-refractivity contribution in [1.82, 2.24) is 9.88 Å². The molecule has 0 unspecified atom stereocenters. The second-order valence-electron chi connectivity index (χ2n) is 7.59. The van der Waals surface area contributed by atoms with Gasteiger partial charge in [0.05, 0.1) is 6.07 Å². The Labute approximate surface area is 151 Å². The first kappa shape index (κ1) is 19.2. The van der Waals surface area contributed by atoms with E-state index < -0.39 is 0 Å². The van der Waals surface area contributed by atoms with Gasteiger partial charge in [0.2, 0.25) is 5.91 Å². The highest BCUT2D eigenvalue weighted by Crippen LogP contribution is 2.40. The Bertz CT molecular complexity index is 645. The monoisotopic (exact) mass is 339 g/mol. The summed E-state index contributed by atoms with van der Waals surface area (Å²) in [5, 5.41) is 9.08. The van der Waals surface area contributed by atoms with E-state index in [0.29, 0.717) is 37.1 Å². The number of nitrogens with zero attached hydrogens (tertiary/aromatic N) is 3. The highest BCUT2D eigenvalue weighted by Gasteiger charge is 2.32. The number of pyridine rings is 1. The van der Waals surface area contributed by atoms with Gasteiger partial charge < -0.3 is 4.90 Å². The molecule has 1 aromatic rings. The van der Waals surface area contributed by atoms with Crippen molar-refractivity contribution in [1.29, 1.82) is 5.26 Å². The first-order valence-electron chi connectivity index (χ1n) is 9.10. The standard InChI is InChI=1S/C21H29N3O/c1-15(2)20-11-19(16(3)10-18(20)7-8-22)12-21(25)24(4)14-17-6-5-9-23-13-17/h5-6,9-10,13,15,18-20H,7,11-12,14H2,1-4H3/t18-,19+,20+/m1/s1. The molecule has 1 aliphatic carbocycles. The summed E-state index contributed by atoms with van der Waals surface area (Å²) in [5.74, 6) is 1.77. The highest BCUT2D eigenvalue weighted by molar-refractivity contribution is 5.76. The van der Waals surface area contributed by atoms with Gasteiger partial charge in [0.1, 0.15) is 0 Å². The zero-order valence-electron chi connectivity index (χ0n) is 15.8. The molecule has 2 rings (SSSR count). The van der Waals surface area contributed by atoms with Gasteiger partial charge in [-0.15, -0.1) is 0 Å². The van der Waals surface area contributed by atoms with Gasteiger partial charge in [-0.25, -0.2) is 0 Å². The molecule has 0 radical (unpaired) electrons. The molecule has 25 heavy (non-hydrogen) atoms. The molecule has 0 N–H and O–H groups in total. The van der Waals surface area contributed by atoms with Crippen molar-refractivity contribution in [2.24, 2.45) is 23.7 Å². The molecule has 1 aliphatic rings. The van der Waals surface area contributed by atoms with Crippen LogP contribution in [0.1, 0.15) is 45.6 Å². The first-order valence-corrected chi connectivity index (χ1v) is 9.10. The van der Waals surface area contributed by atoms with Crippen LogP contribution >= 0.6 is 0 Å². The molecule has 3 atom stereocenters. The van der Waals surface area contributed by atoms with E-state index in [0.717, 1.165) is 12.0 Å². The van der Waals surface area contributed by atoms with Gasteiger partial charge in [-0.2, -0.15) is 5.26 Å². The van der Waals surface area contributed by atoms with Crippen LogP contribution in [0.3, 0.4) is 0 Å². The molecular formula is C21H29N3O. The van der Waals surface area contributed by atoms with Crippen LogP contribution in [0, 0.1) is 35.0 Å². The lowest BCUT2D eigenvalue weighted by atomic mass is 9.69. The molecule has 1 heterocycles. The minimum Gasteiger partial charge on any atom is -0.341 e. The van der Waals surface area contributed by atoms with E-state index >= 15 is 0 Å². The van der Waals surface area contributed by atoms with Crippen LogP contribution in [0.15, 0.2) is 36.2 Å². The first-order chi connectivity index (χ1) is 11.9. The normalized spacial score (nSPS) is 23.0. The Hall–Kier alpha value is -2.15. The SMILES string of the molecule is CC1=C[C@@H](CC#N)[C@H](C(C)C)C[C@H]1CC(=O)N(C)Cc1cccnc1. The summed E-state index contributed by atoms with van der Waals surface area (Å²) in [4.78, 5) is 18.6. The second-order valence-corrected chi connectivity index (χ2v) is 7.59. The summed E-state index contributed by atoms with van der Waals surface area (Å²) in [6.07, 6.45) is 7.90. The molecule has 4 heteroatoms. The molecule has 0 saturated heterocycles. The summed E-state index contributed by atoms with van der Waals surface area (Å²) >= 11 is 0. The quantitative estimate of drug-likeness (QED) is 0.730. The van der Waals surface area contributed by atoms with Crippen molar-refractivity contribution in [3.05, 3.63) is 41.7 Å². The van der Waals surface area contributed by atoms with Gasteiger partial charge in [-0.3, -0.25) is 9.78 Å². The van der Waals surface area contributed by atoms with Crippen molar-refractivity contribution in [3.63, 3.8) is 0 Å². The zero-order chi connectivity index (χ0) is 18.4. The van der Waals surface area contributed by atoms with Gasteiger partial charge in [-0.1, -0.05) is 31.6 Å². The van der Waals surface area contributed by atoms with E-state index in [1.165, 1.54) is 5.57 Å². The lowest BCUT2D eigenvalue weighted by Gasteiger charge is -2.36. The third kappa shape index (κ3) is 5.16. The molecular weight excluding hydrogens is 310 g/mol. The fourth-order valence-corrected chi connectivity index (χ4v) is 3.83. The smallest absolute Gasteiger partial charge is 0.223 e. The number of allylic oxidation sites excluding steroid dienone is 2. The maximum absolute atomic E-state index is 12.7. The van der Waals surface area contributed by atoms with Crippen LogP contribution in [0.4, 0.5) is 0 Å². The Kier molecular flexibility index (Phi) is 6.75. The van der Waals surface area contributed by atoms with Crippen molar-refractivity contribution in [3.8, 4) is 6.07 Å². The fourth-order valence-electron chi connectivity index (χ4n) is 3.83. The third-order valence-electron chi connectivity index (χ3n) is 5.40. The van der Waals surface area contributed by atoms with Gasteiger partial charge in [0, 0.05) is 38.8 Å². The Balaban J connectivity index is 2.02. The predicted molar refractivity (Wildman–Crippen MR) is 99.2 cm³/mol. The molecule has 134 valence electrons. The van der Waals surface area contributed by atoms with Crippen LogP contribution in [-0.2, 0) is 11.3 Å². The molecule has 0 aliphatic heterocycles. The summed E-state index contributed by atoms with van der Waals surface area (Å²) in [6, 6.07) is 6.20. The number of rotatable bonds is 6. The molecule has 1 aromatic heterocycles. The Morgan fingerprint density at radius 1 is 1.48 bits per heavy atom. The summed E-state index contributed by atoms with van der Waals surface area (Å²) in [5.41, 5.74) is 2.31. The largest absolute Gasteiger partial charge is 0.341 e. The minimum atomic E-state index is 0.169. The predicted octanol–water partition coefficient (Wildman–Crippen LogP) is 4.20. The summed E-state index contributed by atoms with van der Waals surface area (Å²) in [7, 11) is 1.86. The van der Waals surface area contributed by atoms with Gasteiger partial charge in [0.15, 0.2) is 0 Å². The van der Waals surface area contributed by atoms with E-state index in [4.69, 9.17) is 5.26 Å².